The number of carbonyl (C=O) groups is 4. The van der Waals surface area contributed by atoms with E-state index in [-0.39, 0.29) is 37.3 Å². The number of likely N-dealkylation sites (N-methyl/N-ethyl adjacent to an activating group) is 1. The molecule has 4 heterocycles. The van der Waals surface area contributed by atoms with Gasteiger partial charge in [0.15, 0.2) is 17.7 Å². The summed E-state index contributed by atoms with van der Waals surface area (Å²) in [7, 11) is 5.24. The Bertz CT molecular complexity index is 1740. The number of fused-ring (bicyclic) bond motifs is 1. The molecule has 1 N–H and O–H groups in total. The van der Waals surface area contributed by atoms with Gasteiger partial charge in [0.2, 0.25) is 0 Å². The van der Waals surface area contributed by atoms with Crippen molar-refractivity contribution in [1.82, 2.24) is 24.8 Å². The summed E-state index contributed by atoms with van der Waals surface area (Å²) in [6.07, 6.45) is -0.964. The Balaban J connectivity index is 1.43. The number of ketones is 2. The van der Waals surface area contributed by atoms with E-state index in [4.69, 9.17) is 23.7 Å². The predicted molar refractivity (Wildman–Crippen MR) is 214 cm³/mol. The van der Waals surface area contributed by atoms with Crippen LogP contribution in [0.3, 0.4) is 0 Å². The summed E-state index contributed by atoms with van der Waals surface area (Å²) in [5.74, 6) is -4.97. The number of aromatic nitrogens is 3. The number of unbranched alkanes of at least 4 members (excludes halogenated alkanes) is 1. The Morgan fingerprint density at radius 1 is 0.966 bits per heavy atom. The highest BCUT2D eigenvalue weighted by molar-refractivity contribution is 6.00. The Kier molecular flexibility index (Phi) is 14.6. The molecule has 1 aromatic heterocycles. The van der Waals surface area contributed by atoms with Gasteiger partial charge in [-0.1, -0.05) is 63.2 Å². The third kappa shape index (κ3) is 9.33. The fourth-order valence-electron chi connectivity index (χ4n) is 9.41. The topological polar surface area (TPSA) is 172 Å². The molecule has 15 heteroatoms. The van der Waals surface area contributed by atoms with E-state index >= 15 is 0 Å². The second-order valence-corrected chi connectivity index (χ2v) is 17.3. The molecule has 58 heavy (non-hydrogen) atoms. The minimum Gasteiger partial charge on any atom is -0.458 e. The SMILES string of the molecule is CC[C@H]1OC(=O)[C@H](C)C(=O)[C@H](C)[C@@H](OC2OC(C)CC(N(C)C)C2O)[C@@](C)(OC)C[C@@H](C)C(=O)[C@H](C)[C@H]2N(CCCCn3cc(-c4ccccc4)nn3)C(=O)O[C@]12C. The molecule has 3 fully saturated rings. The Hall–Kier alpha value is -3.76. The molecule has 4 unspecified atom stereocenters. The van der Waals surface area contributed by atoms with E-state index in [2.05, 4.69) is 10.3 Å². The van der Waals surface area contributed by atoms with Gasteiger partial charge in [0, 0.05) is 49.6 Å². The summed E-state index contributed by atoms with van der Waals surface area (Å²) < 4.78 is 33.0. The molecule has 0 spiro atoms. The van der Waals surface area contributed by atoms with Gasteiger partial charge in [0.25, 0.3) is 0 Å². The second kappa shape index (κ2) is 18.7. The first-order chi connectivity index (χ1) is 27.4. The summed E-state index contributed by atoms with van der Waals surface area (Å²) in [6.45, 7) is 14.8. The fourth-order valence-corrected chi connectivity index (χ4v) is 9.41. The normalized spacial score (nSPS) is 36.7. The third-order valence-corrected chi connectivity index (χ3v) is 12.8. The zero-order valence-corrected chi connectivity index (χ0v) is 36.1. The minimum atomic E-state index is -1.41. The van der Waals surface area contributed by atoms with E-state index in [9.17, 15) is 24.3 Å². The molecule has 3 aliphatic rings. The highest BCUT2D eigenvalue weighted by atomic mass is 16.7. The number of benzene rings is 1. The van der Waals surface area contributed by atoms with Crippen LogP contribution in [0.15, 0.2) is 36.5 Å². The molecule has 5 rings (SSSR count). The van der Waals surface area contributed by atoms with Crippen LogP contribution in [0.25, 0.3) is 11.3 Å². The lowest BCUT2D eigenvalue weighted by molar-refractivity contribution is -0.295. The average molecular weight is 812 g/mol. The molecule has 0 saturated carbocycles. The number of Topliss-reactive ketones (excluding diaryl/α,β-unsaturated/α-hetero) is 2. The van der Waals surface area contributed by atoms with Crippen LogP contribution in [0.5, 0.6) is 0 Å². The third-order valence-electron chi connectivity index (χ3n) is 12.8. The highest BCUT2D eigenvalue weighted by Gasteiger charge is 2.60. The van der Waals surface area contributed by atoms with Gasteiger partial charge >= 0.3 is 12.1 Å². The van der Waals surface area contributed by atoms with E-state index in [1.807, 2.05) is 76.3 Å². The summed E-state index contributed by atoms with van der Waals surface area (Å²) in [4.78, 5) is 60.3. The molecule has 322 valence electrons. The van der Waals surface area contributed by atoms with Gasteiger partial charge < -0.3 is 38.6 Å². The lowest BCUT2D eigenvalue weighted by Gasteiger charge is -2.47. The number of amides is 1. The largest absolute Gasteiger partial charge is 0.458 e. The molecule has 2 aromatic rings. The Morgan fingerprint density at radius 2 is 1.64 bits per heavy atom. The van der Waals surface area contributed by atoms with Gasteiger partial charge in [-0.05, 0) is 73.9 Å². The number of rotatable bonds is 11. The van der Waals surface area contributed by atoms with Crippen molar-refractivity contribution in [3.05, 3.63) is 36.5 Å². The number of carbonyl (C=O) groups excluding carboxylic acids is 4. The lowest BCUT2D eigenvalue weighted by atomic mass is 9.73. The molecular weight excluding hydrogens is 746 g/mol. The maximum absolute atomic E-state index is 14.7. The monoisotopic (exact) mass is 811 g/mol. The number of esters is 1. The van der Waals surface area contributed by atoms with Crippen LogP contribution in [0.2, 0.25) is 0 Å². The molecule has 13 atom stereocenters. The van der Waals surface area contributed by atoms with Crippen molar-refractivity contribution in [1.29, 1.82) is 0 Å². The van der Waals surface area contributed by atoms with E-state index < -0.39 is 83.4 Å². The maximum Gasteiger partial charge on any atom is 0.410 e. The Morgan fingerprint density at radius 3 is 2.28 bits per heavy atom. The molecule has 3 aliphatic heterocycles. The molecule has 0 bridgehead atoms. The zero-order valence-electron chi connectivity index (χ0n) is 36.1. The lowest BCUT2D eigenvalue weighted by Crippen LogP contribution is -2.60. The van der Waals surface area contributed by atoms with E-state index in [0.29, 0.717) is 25.8 Å². The van der Waals surface area contributed by atoms with Gasteiger partial charge in [-0.25, -0.2) is 4.79 Å². The van der Waals surface area contributed by atoms with Gasteiger partial charge in [-0.15, -0.1) is 5.10 Å². The van der Waals surface area contributed by atoms with Crippen LogP contribution in [-0.4, -0.2) is 135 Å². The molecule has 0 aliphatic carbocycles. The zero-order chi connectivity index (χ0) is 42.7. The van der Waals surface area contributed by atoms with Crippen LogP contribution in [0.1, 0.15) is 87.5 Å². The number of methoxy groups -OCH3 is 1. The summed E-state index contributed by atoms with van der Waals surface area (Å²) in [5.41, 5.74) is -0.947. The van der Waals surface area contributed by atoms with Crippen molar-refractivity contribution < 1.29 is 48.0 Å². The number of ether oxygens (including phenoxy) is 5. The minimum absolute atomic E-state index is 0.127. The first kappa shape index (κ1) is 45.3. The number of nitrogens with zero attached hydrogens (tertiary/aromatic N) is 5. The van der Waals surface area contributed by atoms with Crippen LogP contribution in [0.4, 0.5) is 4.79 Å². The number of aryl methyl sites for hydroxylation is 1. The summed E-state index contributed by atoms with van der Waals surface area (Å²) in [5, 5.41) is 20.0. The quantitative estimate of drug-likeness (QED) is 0.184. The van der Waals surface area contributed by atoms with E-state index in [0.717, 1.165) is 11.3 Å². The van der Waals surface area contributed by atoms with Gasteiger partial charge in [-0.2, -0.15) is 0 Å². The average Bonchev–Trinajstić information content (AvgIpc) is 3.78. The standard InChI is InChI=1S/C43H65N5O10/c1-12-33-43(8)37(48(41(53)58-43)21-17-16-20-47-24-31(44-45-47)30-18-14-13-15-19-30)27(4)34(49)25(2)23-42(7,54-11)38(28(5)35(50)29(6)39(52)56-33)57-40-36(51)32(46(9)10)22-26(3)55-40/h13-15,18-19,24-29,32-33,36-38,40,51H,12,16-17,20-23H2,1-11H3/t25-,26?,27+,28+,29-,32?,33-,36?,37-,38-,40?,42+,43-/m1/s1. The number of aliphatic hydroxyl groups excluding tert-OH is 1. The first-order valence-electron chi connectivity index (χ1n) is 20.8. The van der Waals surface area contributed by atoms with Crippen LogP contribution < -0.4 is 0 Å². The van der Waals surface area contributed by atoms with E-state index in [1.165, 1.54) is 14.0 Å². The van der Waals surface area contributed by atoms with Gasteiger partial charge in [0.05, 0.1) is 30.0 Å². The second-order valence-electron chi connectivity index (χ2n) is 17.3. The van der Waals surface area contributed by atoms with Crippen molar-refractivity contribution in [3.63, 3.8) is 0 Å². The van der Waals surface area contributed by atoms with Crippen molar-refractivity contribution in [3.8, 4) is 11.3 Å². The fraction of sp³-hybridized carbons (Fsp3) is 0.721. The predicted octanol–water partition coefficient (Wildman–Crippen LogP) is 4.93. The van der Waals surface area contributed by atoms with Crippen molar-refractivity contribution in [2.45, 2.75) is 148 Å². The number of hydrogen-bond acceptors (Lipinski definition) is 13. The first-order valence-corrected chi connectivity index (χ1v) is 20.8. The molecule has 1 aromatic carbocycles. The van der Waals surface area contributed by atoms with Gasteiger partial charge in [0.1, 0.15) is 29.6 Å². The van der Waals surface area contributed by atoms with E-state index in [1.54, 1.807) is 37.3 Å². The Labute approximate surface area is 343 Å². The summed E-state index contributed by atoms with van der Waals surface area (Å²) >= 11 is 0. The van der Waals surface area contributed by atoms with Crippen molar-refractivity contribution in [2.24, 2.45) is 23.7 Å². The maximum atomic E-state index is 14.7. The molecule has 0 radical (unpaired) electrons. The van der Waals surface area contributed by atoms with Crippen LogP contribution >= 0.6 is 0 Å². The number of cyclic esters (lactones) is 1. The van der Waals surface area contributed by atoms with Crippen molar-refractivity contribution in [2.75, 3.05) is 27.7 Å². The summed E-state index contributed by atoms with van der Waals surface area (Å²) in [6, 6.07) is 8.70. The smallest absolute Gasteiger partial charge is 0.410 e. The van der Waals surface area contributed by atoms with Crippen molar-refractivity contribution >= 4 is 23.6 Å². The molecule has 15 nitrogen and oxygen atoms in total. The highest BCUT2D eigenvalue weighted by Crippen LogP contribution is 2.43. The van der Waals surface area contributed by atoms with Gasteiger partial charge in [-0.3, -0.25) is 19.1 Å². The number of hydrogen-bond donors (Lipinski definition) is 1. The molecular formula is C43H65N5O10. The molecule has 1 amide bonds. The number of aliphatic hydroxyl groups is 1. The van der Waals surface area contributed by atoms with Crippen LogP contribution in [-0.2, 0) is 44.6 Å². The van der Waals surface area contributed by atoms with Crippen LogP contribution in [0, 0.1) is 23.7 Å². The molecule has 3 saturated heterocycles.